The summed E-state index contributed by atoms with van der Waals surface area (Å²) >= 11 is 1.44. The monoisotopic (exact) mass is 477 g/mol. The fourth-order valence-electron chi connectivity index (χ4n) is 3.78. The van der Waals surface area contributed by atoms with Crippen molar-refractivity contribution in [1.29, 1.82) is 0 Å². The molecule has 3 aromatic carbocycles. The smallest absolute Gasteiger partial charge is 0.119 e. The average Bonchev–Trinajstić information content (AvgIpc) is 2.88. The van der Waals surface area contributed by atoms with Crippen molar-refractivity contribution in [2.75, 3.05) is 6.61 Å². The number of rotatable bonds is 10. The molecule has 0 amide bonds. The number of aliphatic hydroxyl groups is 1. The van der Waals surface area contributed by atoms with E-state index in [9.17, 15) is 10.6 Å². The highest BCUT2D eigenvalue weighted by atomic mass is 32.2. The molecule has 1 N–H and O–H groups in total. The quantitative estimate of drug-likeness (QED) is 0.241. The van der Waals surface area contributed by atoms with E-state index in [1.165, 1.54) is 11.8 Å². The van der Waals surface area contributed by atoms with Crippen LogP contribution in [0.15, 0.2) is 101 Å². The molecular formula is C26H27N3O4S. The summed E-state index contributed by atoms with van der Waals surface area (Å²) < 4.78 is 18.3. The topological polar surface area (TPSA) is 96.7 Å². The summed E-state index contributed by atoms with van der Waals surface area (Å²) in [5.41, 5.74) is 10.7. The lowest BCUT2D eigenvalue weighted by atomic mass is 9.98. The molecule has 8 heteroatoms. The van der Waals surface area contributed by atoms with Crippen LogP contribution < -0.4 is 0 Å². The lowest BCUT2D eigenvalue weighted by Gasteiger charge is -2.42. The van der Waals surface area contributed by atoms with Crippen molar-refractivity contribution >= 4 is 11.8 Å². The molecule has 0 radical (unpaired) electrons. The van der Waals surface area contributed by atoms with Gasteiger partial charge in [-0.1, -0.05) is 95.7 Å². The normalized spacial score (nSPS) is 24.3. The second-order valence-corrected chi connectivity index (χ2v) is 9.09. The molecule has 34 heavy (non-hydrogen) atoms. The minimum absolute atomic E-state index is 0.177. The van der Waals surface area contributed by atoms with Gasteiger partial charge in [0.15, 0.2) is 0 Å². The molecular weight excluding hydrogens is 450 g/mol. The molecule has 1 heterocycles. The summed E-state index contributed by atoms with van der Waals surface area (Å²) in [4.78, 5) is 3.99. The van der Waals surface area contributed by atoms with E-state index in [1.54, 1.807) is 0 Å². The number of hydrogen-bond acceptors (Lipinski definition) is 6. The van der Waals surface area contributed by atoms with Gasteiger partial charge in [0, 0.05) is 9.81 Å². The fourth-order valence-corrected chi connectivity index (χ4v) is 4.91. The van der Waals surface area contributed by atoms with Crippen LogP contribution in [0.2, 0.25) is 0 Å². The van der Waals surface area contributed by atoms with Crippen LogP contribution >= 0.6 is 11.8 Å². The van der Waals surface area contributed by atoms with Gasteiger partial charge in [-0.2, -0.15) is 0 Å². The predicted octanol–water partition coefficient (Wildman–Crippen LogP) is 5.35. The predicted molar refractivity (Wildman–Crippen MR) is 131 cm³/mol. The Hall–Kier alpha value is -2.84. The molecule has 7 nitrogen and oxygen atoms in total. The van der Waals surface area contributed by atoms with Gasteiger partial charge in [-0.25, -0.2) is 0 Å². The van der Waals surface area contributed by atoms with Crippen LogP contribution in [0.1, 0.15) is 11.1 Å². The average molecular weight is 478 g/mol. The first-order valence-electron chi connectivity index (χ1n) is 11.1. The first-order valence-corrected chi connectivity index (χ1v) is 12.0. The first kappa shape index (κ1) is 24.3. The molecule has 0 bridgehead atoms. The molecule has 0 aromatic heterocycles. The third kappa shape index (κ3) is 6.61. The van der Waals surface area contributed by atoms with E-state index in [2.05, 4.69) is 10.0 Å². The van der Waals surface area contributed by atoms with Crippen LogP contribution in [-0.4, -0.2) is 41.5 Å². The molecule has 5 atom stereocenters. The highest BCUT2D eigenvalue weighted by Crippen LogP contribution is 2.36. The Balaban J connectivity index is 1.51. The minimum atomic E-state index is -1.03. The Kier molecular flexibility index (Phi) is 8.98. The largest absolute Gasteiger partial charge is 0.388 e. The van der Waals surface area contributed by atoms with Crippen LogP contribution in [-0.2, 0) is 27.4 Å². The Morgan fingerprint density at radius 3 is 2.09 bits per heavy atom. The van der Waals surface area contributed by atoms with Gasteiger partial charge in [0.25, 0.3) is 0 Å². The zero-order chi connectivity index (χ0) is 23.6. The highest BCUT2D eigenvalue weighted by Gasteiger charge is 2.46. The third-order valence-corrected chi connectivity index (χ3v) is 6.67. The lowest BCUT2D eigenvalue weighted by Crippen LogP contribution is -2.57. The van der Waals surface area contributed by atoms with E-state index in [0.717, 1.165) is 16.0 Å². The van der Waals surface area contributed by atoms with Crippen LogP contribution in [0, 0.1) is 0 Å². The van der Waals surface area contributed by atoms with E-state index < -0.39 is 29.8 Å². The molecule has 176 valence electrons. The molecule has 3 aromatic rings. The van der Waals surface area contributed by atoms with Crippen molar-refractivity contribution in [1.82, 2.24) is 0 Å². The van der Waals surface area contributed by atoms with E-state index in [4.69, 9.17) is 14.2 Å². The molecule has 4 rings (SSSR count). The summed E-state index contributed by atoms with van der Waals surface area (Å²) in [6.07, 6.45) is -2.42. The standard InChI is InChI=1S/C26H27N3O4S/c27-29-28-23-25(32-17-20-12-6-2-7-13-20)24(30)22(18-31-16-19-10-4-1-5-11-19)33-26(23)34-21-14-8-3-9-15-21/h1-15,22-26,30H,16-18H2/t22?,23?,24-,25+,26+/m1/s1. The lowest BCUT2D eigenvalue weighted by molar-refractivity contribution is -0.190. The van der Waals surface area contributed by atoms with Crippen LogP contribution in [0.4, 0.5) is 0 Å². The van der Waals surface area contributed by atoms with Gasteiger partial charge in [-0.05, 0) is 28.8 Å². The zero-order valence-corrected chi connectivity index (χ0v) is 19.4. The Morgan fingerprint density at radius 1 is 0.882 bits per heavy atom. The summed E-state index contributed by atoms with van der Waals surface area (Å²) in [6, 6.07) is 28.5. The van der Waals surface area contributed by atoms with E-state index in [0.29, 0.717) is 6.61 Å². The second kappa shape index (κ2) is 12.6. The maximum Gasteiger partial charge on any atom is 0.119 e. The van der Waals surface area contributed by atoms with Gasteiger partial charge in [-0.15, -0.1) is 0 Å². The van der Waals surface area contributed by atoms with Crippen molar-refractivity contribution < 1.29 is 19.3 Å². The second-order valence-electron chi connectivity index (χ2n) is 7.92. The number of thioether (sulfide) groups is 1. The van der Waals surface area contributed by atoms with Gasteiger partial charge in [0.1, 0.15) is 23.7 Å². The van der Waals surface area contributed by atoms with E-state index in [1.807, 2.05) is 91.0 Å². The van der Waals surface area contributed by atoms with Gasteiger partial charge in [0.05, 0.1) is 25.9 Å². The number of ether oxygens (including phenoxy) is 3. The van der Waals surface area contributed by atoms with Crippen LogP contribution in [0.25, 0.3) is 10.4 Å². The Morgan fingerprint density at radius 2 is 1.47 bits per heavy atom. The van der Waals surface area contributed by atoms with Crippen LogP contribution in [0.3, 0.4) is 0 Å². The molecule has 1 saturated heterocycles. The summed E-state index contributed by atoms with van der Waals surface area (Å²) in [7, 11) is 0. The van der Waals surface area contributed by atoms with Gasteiger partial charge < -0.3 is 19.3 Å². The number of aliphatic hydroxyl groups excluding tert-OH is 1. The molecule has 0 aliphatic carbocycles. The SMILES string of the molecule is [N-]=[N+]=NC1[C@H](Sc2ccccc2)OC(COCc2ccccc2)[C@@H](O)[C@H]1OCc1ccccc1. The number of azide groups is 1. The molecule has 1 fully saturated rings. The molecule has 1 aliphatic rings. The van der Waals surface area contributed by atoms with Crippen molar-refractivity contribution in [2.45, 2.75) is 47.9 Å². The van der Waals surface area contributed by atoms with Crippen molar-refractivity contribution in [3.8, 4) is 0 Å². The number of benzene rings is 3. The van der Waals surface area contributed by atoms with Gasteiger partial charge in [0.2, 0.25) is 0 Å². The highest BCUT2D eigenvalue weighted by molar-refractivity contribution is 7.99. The maximum absolute atomic E-state index is 11.2. The molecule has 2 unspecified atom stereocenters. The summed E-state index contributed by atoms with van der Waals surface area (Å²) in [6.45, 7) is 0.857. The first-order chi connectivity index (χ1) is 16.7. The minimum Gasteiger partial charge on any atom is -0.388 e. The zero-order valence-electron chi connectivity index (χ0n) is 18.6. The molecule has 0 saturated carbocycles. The molecule has 0 spiro atoms. The van der Waals surface area contributed by atoms with Crippen LogP contribution in [0.5, 0.6) is 0 Å². The maximum atomic E-state index is 11.2. The van der Waals surface area contributed by atoms with Gasteiger partial charge in [-0.3, -0.25) is 0 Å². The number of nitrogens with zero attached hydrogens (tertiary/aromatic N) is 3. The Labute approximate surface area is 203 Å². The van der Waals surface area contributed by atoms with Crippen molar-refractivity contribution in [3.05, 3.63) is 113 Å². The molecule has 1 aliphatic heterocycles. The van der Waals surface area contributed by atoms with Gasteiger partial charge >= 0.3 is 0 Å². The van der Waals surface area contributed by atoms with Crippen molar-refractivity contribution in [3.63, 3.8) is 0 Å². The number of hydrogen-bond donors (Lipinski definition) is 1. The summed E-state index contributed by atoms with van der Waals surface area (Å²) in [5, 5.41) is 15.1. The Bertz CT molecular complexity index is 1050. The van der Waals surface area contributed by atoms with E-state index in [-0.39, 0.29) is 13.2 Å². The van der Waals surface area contributed by atoms with Crippen molar-refractivity contribution in [2.24, 2.45) is 5.11 Å². The fraction of sp³-hybridized carbons (Fsp3) is 0.308. The van der Waals surface area contributed by atoms with E-state index >= 15 is 0 Å². The summed E-state index contributed by atoms with van der Waals surface area (Å²) in [5.74, 6) is 0. The third-order valence-electron chi connectivity index (χ3n) is 5.50.